The van der Waals surface area contributed by atoms with Crippen LogP contribution in [0.25, 0.3) is 0 Å². The van der Waals surface area contributed by atoms with Gasteiger partial charge in [-0.15, -0.1) is 24.8 Å². The molecule has 0 aromatic heterocycles. The minimum atomic E-state index is 0. The molecule has 2 unspecified atom stereocenters. The fourth-order valence-electron chi connectivity index (χ4n) is 3.96. The van der Waals surface area contributed by atoms with Crippen LogP contribution in [0, 0.1) is 11.8 Å². The van der Waals surface area contributed by atoms with Crippen LogP contribution < -0.4 is 15.0 Å². The highest BCUT2D eigenvalue weighted by Crippen LogP contribution is 2.25. The normalized spacial score (nSPS) is 20.9. The van der Waals surface area contributed by atoms with Gasteiger partial charge in [0.25, 0.3) is 0 Å². The largest absolute Gasteiger partial charge is 0.497 e. The molecule has 0 aliphatic carbocycles. The summed E-state index contributed by atoms with van der Waals surface area (Å²) in [5.74, 6) is 2.32. The van der Waals surface area contributed by atoms with Gasteiger partial charge in [-0.1, -0.05) is 13.0 Å². The molecule has 154 valence electrons. The number of anilines is 1. The van der Waals surface area contributed by atoms with Crippen molar-refractivity contribution >= 4 is 36.4 Å². The molecule has 0 spiro atoms. The zero-order valence-electron chi connectivity index (χ0n) is 16.4. The van der Waals surface area contributed by atoms with Crippen LogP contribution in [0.15, 0.2) is 24.3 Å². The van der Waals surface area contributed by atoms with E-state index in [9.17, 15) is 4.79 Å². The van der Waals surface area contributed by atoms with E-state index in [1.807, 2.05) is 17.0 Å². The van der Waals surface area contributed by atoms with Crippen LogP contribution in [0.5, 0.6) is 5.75 Å². The Kier molecular flexibility index (Phi) is 10.3. The number of carbonyl (C=O) groups excluding carboxylic acids is 1. The molecule has 1 N–H and O–H groups in total. The van der Waals surface area contributed by atoms with Crippen LogP contribution in [0.4, 0.5) is 5.69 Å². The van der Waals surface area contributed by atoms with Gasteiger partial charge in [-0.05, 0) is 49.9 Å². The quantitative estimate of drug-likeness (QED) is 0.798. The number of hydrogen-bond donors (Lipinski definition) is 1. The summed E-state index contributed by atoms with van der Waals surface area (Å²) in [6.45, 7) is 7.83. The second-order valence-electron chi connectivity index (χ2n) is 7.36. The van der Waals surface area contributed by atoms with Crippen LogP contribution in [0.2, 0.25) is 0 Å². The molecule has 2 atom stereocenters. The summed E-state index contributed by atoms with van der Waals surface area (Å²) in [5.41, 5.74) is 1.17. The molecule has 3 rings (SSSR count). The van der Waals surface area contributed by atoms with E-state index in [0.717, 1.165) is 45.0 Å². The van der Waals surface area contributed by atoms with Gasteiger partial charge in [0.1, 0.15) is 5.75 Å². The standard InChI is InChI=1S/C20H31N3O2.2ClH/c1-16(17-5-4-8-21-15-17)13-20(24)23-11-9-22(10-12-23)18-6-3-7-19(14-18)25-2;;/h3,6-7,14,16-17,21H,4-5,8-13,15H2,1-2H3;2*1H. The maximum atomic E-state index is 12.7. The van der Waals surface area contributed by atoms with Gasteiger partial charge < -0.3 is 19.9 Å². The van der Waals surface area contributed by atoms with E-state index in [-0.39, 0.29) is 24.8 Å². The monoisotopic (exact) mass is 417 g/mol. The van der Waals surface area contributed by atoms with Crippen molar-refractivity contribution in [1.82, 2.24) is 10.2 Å². The van der Waals surface area contributed by atoms with E-state index in [1.165, 1.54) is 18.5 Å². The number of nitrogens with zero attached hydrogens (tertiary/aromatic N) is 2. The first-order valence-corrected chi connectivity index (χ1v) is 9.55. The molecule has 0 saturated carbocycles. The highest BCUT2D eigenvalue weighted by molar-refractivity contribution is 5.85. The van der Waals surface area contributed by atoms with Crippen LogP contribution in [-0.2, 0) is 4.79 Å². The first kappa shape index (κ1) is 23.9. The molecule has 1 amide bonds. The van der Waals surface area contributed by atoms with Gasteiger partial charge >= 0.3 is 0 Å². The fourth-order valence-corrected chi connectivity index (χ4v) is 3.96. The van der Waals surface area contributed by atoms with Crippen molar-refractivity contribution in [2.75, 3.05) is 51.3 Å². The zero-order valence-corrected chi connectivity index (χ0v) is 18.0. The van der Waals surface area contributed by atoms with E-state index in [4.69, 9.17) is 4.74 Å². The van der Waals surface area contributed by atoms with E-state index >= 15 is 0 Å². The molecule has 0 bridgehead atoms. The molecule has 27 heavy (non-hydrogen) atoms. The van der Waals surface area contributed by atoms with E-state index in [0.29, 0.717) is 24.2 Å². The Labute approximate surface area is 175 Å². The third-order valence-electron chi connectivity index (χ3n) is 5.69. The van der Waals surface area contributed by atoms with Gasteiger partial charge in [-0.25, -0.2) is 0 Å². The average Bonchev–Trinajstić information content (AvgIpc) is 2.68. The number of carbonyl (C=O) groups is 1. The van der Waals surface area contributed by atoms with E-state index < -0.39 is 0 Å². The van der Waals surface area contributed by atoms with Crippen molar-refractivity contribution < 1.29 is 9.53 Å². The molecule has 1 aromatic carbocycles. The number of halogens is 2. The number of piperazine rings is 1. The lowest BCUT2D eigenvalue weighted by molar-refractivity contribution is -0.132. The van der Waals surface area contributed by atoms with Gasteiger partial charge in [0, 0.05) is 44.4 Å². The number of ether oxygens (including phenoxy) is 1. The molecule has 2 aliphatic heterocycles. The smallest absolute Gasteiger partial charge is 0.222 e. The van der Waals surface area contributed by atoms with E-state index in [2.05, 4.69) is 29.3 Å². The van der Waals surface area contributed by atoms with Crippen molar-refractivity contribution in [1.29, 1.82) is 0 Å². The van der Waals surface area contributed by atoms with Crippen molar-refractivity contribution in [2.45, 2.75) is 26.2 Å². The predicted octanol–water partition coefficient (Wildman–Crippen LogP) is 3.21. The maximum absolute atomic E-state index is 12.7. The van der Waals surface area contributed by atoms with Crippen LogP contribution in [-0.4, -0.2) is 57.2 Å². The molecule has 2 heterocycles. The number of piperidine rings is 1. The molecule has 7 heteroatoms. The number of amides is 1. The van der Waals surface area contributed by atoms with Crippen LogP contribution in [0.1, 0.15) is 26.2 Å². The van der Waals surface area contributed by atoms with Gasteiger partial charge in [-0.3, -0.25) is 4.79 Å². The minimum Gasteiger partial charge on any atom is -0.497 e. The Hall–Kier alpha value is -1.17. The first-order valence-electron chi connectivity index (χ1n) is 9.55. The molecular weight excluding hydrogens is 385 g/mol. The molecule has 2 saturated heterocycles. The summed E-state index contributed by atoms with van der Waals surface area (Å²) in [6.07, 6.45) is 3.18. The third-order valence-corrected chi connectivity index (χ3v) is 5.69. The number of methoxy groups -OCH3 is 1. The summed E-state index contributed by atoms with van der Waals surface area (Å²) in [5, 5.41) is 3.46. The Balaban J connectivity index is 0.00000182. The van der Waals surface area contributed by atoms with Gasteiger partial charge in [0.05, 0.1) is 7.11 Å². The topological polar surface area (TPSA) is 44.8 Å². The average molecular weight is 418 g/mol. The first-order chi connectivity index (χ1) is 12.2. The Morgan fingerprint density at radius 3 is 2.63 bits per heavy atom. The summed E-state index contributed by atoms with van der Waals surface area (Å²) < 4.78 is 5.31. The molecule has 5 nitrogen and oxygen atoms in total. The van der Waals surface area contributed by atoms with Crippen LogP contribution in [0.3, 0.4) is 0 Å². The number of hydrogen-bond acceptors (Lipinski definition) is 4. The number of nitrogens with one attached hydrogen (secondary N) is 1. The second-order valence-corrected chi connectivity index (χ2v) is 7.36. The van der Waals surface area contributed by atoms with Crippen molar-refractivity contribution in [2.24, 2.45) is 11.8 Å². The van der Waals surface area contributed by atoms with Crippen molar-refractivity contribution in [3.63, 3.8) is 0 Å². The highest BCUT2D eigenvalue weighted by atomic mass is 35.5. The van der Waals surface area contributed by atoms with Gasteiger partial charge in [-0.2, -0.15) is 0 Å². The summed E-state index contributed by atoms with van der Waals surface area (Å²) in [6, 6.07) is 8.16. The lowest BCUT2D eigenvalue weighted by atomic mass is 9.85. The number of benzene rings is 1. The summed E-state index contributed by atoms with van der Waals surface area (Å²) in [7, 11) is 1.69. The van der Waals surface area contributed by atoms with Crippen molar-refractivity contribution in [3.05, 3.63) is 24.3 Å². The Bertz CT molecular complexity index is 574. The van der Waals surface area contributed by atoms with Crippen LogP contribution >= 0.6 is 24.8 Å². The lowest BCUT2D eigenvalue weighted by Gasteiger charge is -2.37. The SMILES string of the molecule is COc1cccc(N2CCN(C(=O)CC(C)C3CCCNC3)CC2)c1.Cl.Cl. The summed E-state index contributed by atoms with van der Waals surface area (Å²) in [4.78, 5) is 17.0. The molecule has 2 aliphatic rings. The van der Waals surface area contributed by atoms with Gasteiger partial charge in [0.15, 0.2) is 0 Å². The molecular formula is C20H33Cl2N3O2. The van der Waals surface area contributed by atoms with Crippen molar-refractivity contribution in [3.8, 4) is 5.75 Å². The molecule has 1 aromatic rings. The molecule has 0 radical (unpaired) electrons. The minimum absolute atomic E-state index is 0. The predicted molar refractivity (Wildman–Crippen MR) is 116 cm³/mol. The zero-order chi connectivity index (χ0) is 17.6. The van der Waals surface area contributed by atoms with Gasteiger partial charge in [0.2, 0.25) is 5.91 Å². The third kappa shape index (κ3) is 6.44. The van der Waals surface area contributed by atoms with E-state index in [1.54, 1.807) is 7.11 Å². The maximum Gasteiger partial charge on any atom is 0.222 e. The lowest BCUT2D eigenvalue weighted by Crippen LogP contribution is -2.49. The molecule has 2 fully saturated rings. The summed E-state index contributed by atoms with van der Waals surface area (Å²) >= 11 is 0. The fraction of sp³-hybridized carbons (Fsp3) is 0.650. The number of rotatable bonds is 5. The second kappa shape index (κ2) is 11.6. The Morgan fingerprint density at radius 1 is 1.26 bits per heavy atom. The highest BCUT2D eigenvalue weighted by Gasteiger charge is 2.26. The Morgan fingerprint density at radius 2 is 2.00 bits per heavy atom.